The summed E-state index contributed by atoms with van der Waals surface area (Å²) in [7, 11) is 2.02. The highest BCUT2D eigenvalue weighted by Gasteiger charge is 2.29. The van der Waals surface area contributed by atoms with Crippen LogP contribution in [0.3, 0.4) is 0 Å². The molecule has 1 saturated carbocycles. The lowest BCUT2D eigenvalue weighted by molar-refractivity contribution is 0.670. The first-order valence-electron chi connectivity index (χ1n) is 8.76. The normalized spacial score (nSPS) is 17.2. The third-order valence-electron chi connectivity index (χ3n) is 4.97. The number of thiazole rings is 1. The van der Waals surface area contributed by atoms with Gasteiger partial charge in [0.05, 0.1) is 5.69 Å². The Balaban J connectivity index is 1.42. The van der Waals surface area contributed by atoms with Crippen molar-refractivity contribution >= 4 is 28.1 Å². The fourth-order valence-electron chi connectivity index (χ4n) is 3.50. The lowest BCUT2D eigenvalue weighted by Crippen LogP contribution is -2.17. The molecule has 5 rings (SSSR count). The van der Waals surface area contributed by atoms with Gasteiger partial charge in [-0.3, -0.25) is 9.20 Å². The largest absolute Gasteiger partial charge is 0.309 e. The van der Waals surface area contributed by atoms with Crippen LogP contribution in [-0.2, 0) is 25.6 Å². The molecule has 0 bridgehead atoms. The fourth-order valence-corrected chi connectivity index (χ4v) is 5.55. The first kappa shape index (κ1) is 15.6. The predicted octanol–water partition coefficient (Wildman–Crippen LogP) is 2.93. The number of fused-ring (bicyclic) bond motifs is 3. The Labute approximate surface area is 153 Å². The third kappa shape index (κ3) is 2.71. The van der Waals surface area contributed by atoms with Gasteiger partial charge in [0.1, 0.15) is 5.82 Å². The molecule has 8 heteroatoms. The Morgan fingerprint density at radius 2 is 2.12 bits per heavy atom. The van der Waals surface area contributed by atoms with Crippen LogP contribution in [0.15, 0.2) is 16.0 Å². The zero-order valence-corrected chi connectivity index (χ0v) is 15.7. The summed E-state index contributed by atoms with van der Waals surface area (Å²) in [6.45, 7) is 0. The quantitative estimate of drug-likeness (QED) is 0.658. The van der Waals surface area contributed by atoms with Crippen molar-refractivity contribution in [2.75, 3.05) is 0 Å². The van der Waals surface area contributed by atoms with Gasteiger partial charge in [-0.25, -0.2) is 4.98 Å². The maximum absolute atomic E-state index is 12.6. The number of hydrogen-bond acceptors (Lipinski definition) is 6. The zero-order valence-electron chi connectivity index (χ0n) is 14.1. The van der Waals surface area contributed by atoms with Crippen LogP contribution in [0.5, 0.6) is 0 Å². The summed E-state index contributed by atoms with van der Waals surface area (Å²) in [5, 5.41) is 9.50. The van der Waals surface area contributed by atoms with E-state index in [0.29, 0.717) is 11.7 Å². The van der Waals surface area contributed by atoms with Crippen molar-refractivity contribution in [3.8, 4) is 0 Å². The van der Waals surface area contributed by atoms with E-state index >= 15 is 0 Å². The summed E-state index contributed by atoms with van der Waals surface area (Å²) in [5.74, 6) is 2.31. The highest BCUT2D eigenvalue weighted by atomic mass is 32.2. The summed E-state index contributed by atoms with van der Waals surface area (Å²) in [4.78, 5) is 19.5. The van der Waals surface area contributed by atoms with Gasteiger partial charge >= 0.3 is 0 Å². The van der Waals surface area contributed by atoms with Crippen LogP contribution in [0, 0.1) is 0 Å². The summed E-state index contributed by atoms with van der Waals surface area (Å²) >= 11 is 3.28. The van der Waals surface area contributed by atoms with Crippen LogP contribution in [0.4, 0.5) is 0 Å². The molecule has 0 N–H and O–H groups in total. The van der Waals surface area contributed by atoms with Gasteiger partial charge in [-0.15, -0.1) is 21.5 Å². The molecule has 0 aromatic carbocycles. The molecular weight excluding hydrogens is 354 g/mol. The molecule has 0 amide bonds. The van der Waals surface area contributed by atoms with Gasteiger partial charge in [0, 0.05) is 35.4 Å². The second-order valence-electron chi connectivity index (χ2n) is 6.85. The van der Waals surface area contributed by atoms with Crippen LogP contribution >= 0.6 is 23.1 Å². The number of aromatic nitrogens is 5. The standard InChI is InChI=1S/C17H19N5OS2/c1-21-15(10-6-7-10)19-20-17(21)24-9-11-8-14(23)22-12-4-2-3-5-13(12)25-16(22)18-11/h8,10H,2-7,9H2,1H3. The second kappa shape index (κ2) is 5.95. The summed E-state index contributed by atoms with van der Waals surface area (Å²) in [5.41, 5.74) is 2.06. The van der Waals surface area contributed by atoms with E-state index in [2.05, 4.69) is 14.8 Å². The molecule has 0 radical (unpaired) electrons. The SMILES string of the molecule is Cn1c(SCc2cc(=O)n3c4c(sc3n2)CCCC4)nnc1C1CC1. The molecule has 0 unspecified atom stereocenters. The monoisotopic (exact) mass is 373 g/mol. The molecule has 130 valence electrons. The number of aryl methyl sites for hydroxylation is 2. The number of hydrogen-bond donors (Lipinski definition) is 0. The minimum atomic E-state index is 0.0524. The maximum atomic E-state index is 12.6. The lowest BCUT2D eigenvalue weighted by Gasteiger charge is -2.10. The van der Waals surface area contributed by atoms with Crippen molar-refractivity contribution in [2.45, 2.75) is 55.4 Å². The first-order chi connectivity index (χ1) is 12.2. The van der Waals surface area contributed by atoms with E-state index in [0.717, 1.165) is 34.5 Å². The van der Waals surface area contributed by atoms with Gasteiger partial charge in [-0.05, 0) is 38.5 Å². The van der Waals surface area contributed by atoms with Crippen LogP contribution < -0.4 is 5.56 Å². The number of nitrogens with zero attached hydrogens (tertiary/aromatic N) is 5. The average molecular weight is 374 g/mol. The van der Waals surface area contributed by atoms with E-state index in [-0.39, 0.29) is 5.56 Å². The zero-order chi connectivity index (χ0) is 17.0. The van der Waals surface area contributed by atoms with E-state index < -0.39 is 0 Å². The van der Waals surface area contributed by atoms with E-state index in [4.69, 9.17) is 4.98 Å². The molecular formula is C17H19N5OS2. The lowest BCUT2D eigenvalue weighted by atomic mass is 10.0. The van der Waals surface area contributed by atoms with Crippen molar-refractivity contribution in [3.63, 3.8) is 0 Å². The van der Waals surface area contributed by atoms with Gasteiger partial charge in [0.15, 0.2) is 10.1 Å². The van der Waals surface area contributed by atoms with Gasteiger partial charge in [-0.2, -0.15) is 0 Å². The Hall–Kier alpha value is -1.67. The van der Waals surface area contributed by atoms with Crippen LogP contribution in [0.1, 0.15) is 53.7 Å². The molecule has 6 nitrogen and oxygen atoms in total. The van der Waals surface area contributed by atoms with E-state index in [1.165, 1.54) is 36.3 Å². The molecule has 0 atom stereocenters. The Kier molecular flexibility index (Phi) is 3.71. The second-order valence-corrected chi connectivity index (χ2v) is 8.85. The van der Waals surface area contributed by atoms with Crippen molar-refractivity contribution in [1.82, 2.24) is 24.1 Å². The van der Waals surface area contributed by atoms with Gasteiger partial charge in [0.2, 0.25) is 0 Å². The Bertz CT molecular complexity index is 1010. The molecule has 2 aliphatic carbocycles. The van der Waals surface area contributed by atoms with Gasteiger partial charge in [0.25, 0.3) is 5.56 Å². The van der Waals surface area contributed by atoms with Gasteiger partial charge < -0.3 is 4.57 Å². The molecule has 0 spiro atoms. The fraction of sp³-hybridized carbons (Fsp3) is 0.529. The summed E-state index contributed by atoms with van der Waals surface area (Å²) in [6.07, 6.45) is 6.89. The van der Waals surface area contributed by atoms with Crippen LogP contribution in [0.2, 0.25) is 0 Å². The molecule has 0 aliphatic heterocycles. The maximum Gasteiger partial charge on any atom is 0.259 e. The molecule has 1 fully saturated rings. The third-order valence-corrected chi connectivity index (χ3v) is 7.17. The molecule has 0 saturated heterocycles. The highest BCUT2D eigenvalue weighted by Crippen LogP contribution is 2.39. The average Bonchev–Trinajstić information content (AvgIpc) is 3.27. The number of rotatable bonds is 4. The van der Waals surface area contributed by atoms with E-state index in [9.17, 15) is 4.79 Å². The minimum Gasteiger partial charge on any atom is -0.309 e. The Morgan fingerprint density at radius 3 is 2.96 bits per heavy atom. The molecule has 3 heterocycles. The van der Waals surface area contributed by atoms with Crippen molar-refractivity contribution < 1.29 is 0 Å². The highest BCUT2D eigenvalue weighted by molar-refractivity contribution is 7.98. The molecule has 3 aromatic rings. The smallest absolute Gasteiger partial charge is 0.259 e. The van der Waals surface area contributed by atoms with E-state index in [1.54, 1.807) is 29.2 Å². The van der Waals surface area contributed by atoms with Crippen molar-refractivity contribution in [2.24, 2.45) is 7.05 Å². The summed E-state index contributed by atoms with van der Waals surface area (Å²) < 4.78 is 3.90. The van der Waals surface area contributed by atoms with Crippen molar-refractivity contribution in [3.05, 3.63) is 38.5 Å². The first-order valence-corrected chi connectivity index (χ1v) is 10.6. The molecule has 25 heavy (non-hydrogen) atoms. The topological polar surface area (TPSA) is 65.1 Å². The minimum absolute atomic E-state index is 0.0524. The number of thioether (sulfide) groups is 1. The van der Waals surface area contributed by atoms with E-state index in [1.807, 2.05) is 11.4 Å². The summed E-state index contributed by atoms with van der Waals surface area (Å²) in [6, 6.07) is 1.68. The Morgan fingerprint density at radius 1 is 1.28 bits per heavy atom. The predicted molar refractivity (Wildman–Crippen MR) is 98.5 cm³/mol. The van der Waals surface area contributed by atoms with Crippen LogP contribution in [0.25, 0.3) is 4.96 Å². The molecule has 3 aromatic heterocycles. The van der Waals surface area contributed by atoms with Crippen LogP contribution in [-0.4, -0.2) is 24.1 Å². The molecule has 2 aliphatic rings. The van der Waals surface area contributed by atoms with Crippen molar-refractivity contribution in [1.29, 1.82) is 0 Å². The van der Waals surface area contributed by atoms with Gasteiger partial charge in [-0.1, -0.05) is 11.8 Å².